The van der Waals surface area contributed by atoms with Crippen LogP contribution in [0.1, 0.15) is 23.7 Å². The summed E-state index contributed by atoms with van der Waals surface area (Å²) in [7, 11) is -3.63. The normalized spacial score (nSPS) is 11.4. The third-order valence-corrected chi connectivity index (χ3v) is 4.80. The van der Waals surface area contributed by atoms with E-state index >= 15 is 0 Å². The summed E-state index contributed by atoms with van der Waals surface area (Å²) in [6.45, 7) is 2.40. The Morgan fingerprint density at radius 2 is 2.16 bits per heavy atom. The van der Waals surface area contributed by atoms with Crippen LogP contribution in [0.2, 0.25) is 0 Å². The van der Waals surface area contributed by atoms with E-state index in [4.69, 9.17) is 5.11 Å². The molecular formula is C12H17NO4S2. The highest BCUT2D eigenvalue weighted by Crippen LogP contribution is 2.11. The number of aromatic carboxylic acids is 1. The molecule has 0 heterocycles. The van der Waals surface area contributed by atoms with Gasteiger partial charge in [-0.25, -0.2) is 17.9 Å². The summed E-state index contributed by atoms with van der Waals surface area (Å²) in [4.78, 5) is 10.8. The molecule has 0 saturated carbocycles. The van der Waals surface area contributed by atoms with Crippen molar-refractivity contribution in [3.63, 3.8) is 0 Å². The number of hydrogen-bond acceptors (Lipinski definition) is 4. The maximum Gasteiger partial charge on any atom is 0.335 e. The summed E-state index contributed by atoms with van der Waals surface area (Å²) in [6.07, 6.45) is 0.746. The third-order valence-electron chi connectivity index (χ3n) is 2.35. The minimum absolute atomic E-state index is 0.0180. The van der Waals surface area contributed by atoms with Gasteiger partial charge in [-0.2, -0.15) is 11.8 Å². The first-order chi connectivity index (χ1) is 8.97. The number of carboxylic acid groups (broad SMARTS) is 1. The third kappa shape index (κ3) is 5.22. The van der Waals surface area contributed by atoms with Gasteiger partial charge in [0.1, 0.15) is 0 Å². The number of hydrogen-bond donors (Lipinski definition) is 2. The number of benzene rings is 1. The van der Waals surface area contributed by atoms with E-state index in [2.05, 4.69) is 4.72 Å². The summed E-state index contributed by atoms with van der Waals surface area (Å²) < 4.78 is 26.3. The van der Waals surface area contributed by atoms with Crippen molar-refractivity contribution >= 4 is 27.8 Å². The van der Waals surface area contributed by atoms with Gasteiger partial charge in [0.05, 0.1) is 10.5 Å². The van der Waals surface area contributed by atoms with Crippen LogP contribution < -0.4 is 4.72 Å². The molecule has 7 heteroatoms. The van der Waals surface area contributed by atoms with Crippen LogP contribution in [0.5, 0.6) is 0 Å². The van der Waals surface area contributed by atoms with Crippen LogP contribution in [0.15, 0.2) is 29.2 Å². The Hall–Kier alpha value is -1.05. The number of sulfonamides is 1. The number of carbonyl (C=O) groups is 1. The number of nitrogens with one attached hydrogen (secondary N) is 1. The van der Waals surface area contributed by atoms with Crippen molar-refractivity contribution in [3.8, 4) is 0 Å². The molecule has 0 aromatic heterocycles. The fourth-order valence-electron chi connectivity index (χ4n) is 1.40. The standard InChI is InChI=1S/C12H17NO4S2/c1-2-18-8-4-7-13-19(16,17)11-6-3-5-10(9-11)12(14)15/h3,5-6,9,13H,2,4,7-8H2,1H3,(H,14,15). The summed E-state index contributed by atoms with van der Waals surface area (Å²) in [5, 5.41) is 8.83. The van der Waals surface area contributed by atoms with Gasteiger partial charge < -0.3 is 5.11 Å². The zero-order valence-corrected chi connectivity index (χ0v) is 12.3. The van der Waals surface area contributed by atoms with E-state index < -0.39 is 16.0 Å². The van der Waals surface area contributed by atoms with E-state index in [1.807, 2.05) is 6.92 Å². The minimum atomic E-state index is -3.63. The van der Waals surface area contributed by atoms with Crippen LogP contribution in [-0.4, -0.2) is 37.5 Å². The van der Waals surface area contributed by atoms with Crippen molar-refractivity contribution < 1.29 is 18.3 Å². The second kappa shape index (κ2) is 7.52. The van der Waals surface area contributed by atoms with Crippen molar-refractivity contribution in [2.24, 2.45) is 0 Å². The Kier molecular flexibility index (Phi) is 6.33. The molecule has 0 amide bonds. The average molecular weight is 303 g/mol. The molecular weight excluding hydrogens is 286 g/mol. The van der Waals surface area contributed by atoms with Gasteiger partial charge in [0.25, 0.3) is 0 Å². The van der Waals surface area contributed by atoms with Crippen molar-refractivity contribution in [1.29, 1.82) is 0 Å². The first-order valence-corrected chi connectivity index (χ1v) is 8.52. The lowest BCUT2D eigenvalue weighted by atomic mass is 10.2. The van der Waals surface area contributed by atoms with Gasteiger partial charge in [0.2, 0.25) is 10.0 Å². The molecule has 0 bridgehead atoms. The Morgan fingerprint density at radius 3 is 2.79 bits per heavy atom. The molecule has 0 aliphatic heterocycles. The van der Waals surface area contributed by atoms with Gasteiger partial charge in [-0.15, -0.1) is 0 Å². The van der Waals surface area contributed by atoms with Crippen LogP contribution in [0.3, 0.4) is 0 Å². The van der Waals surface area contributed by atoms with Crippen molar-refractivity contribution in [1.82, 2.24) is 4.72 Å². The van der Waals surface area contributed by atoms with Gasteiger partial charge in [-0.1, -0.05) is 13.0 Å². The zero-order chi connectivity index (χ0) is 14.3. The molecule has 0 atom stereocenters. The first-order valence-electron chi connectivity index (χ1n) is 5.88. The largest absolute Gasteiger partial charge is 0.478 e. The topological polar surface area (TPSA) is 83.5 Å². The fourth-order valence-corrected chi connectivity index (χ4v) is 3.16. The molecule has 1 aromatic carbocycles. The Bertz CT molecular complexity index is 528. The van der Waals surface area contributed by atoms with Gasteiger partial charge >= 0.3 is 5.97 Å². The smallest absolute Gasteiger partial charge is 0.335 e. The Labute approximate surface area is 117 Å². The highest BCUT2D eigenvalue weighted by atomic mass is 32.2. The van der Waals surface area contributed by atoms with Crippen LogP contribution >= 0.6 is 11.8 Å². The lowest BCUT2D eigenvalue weighted by Crippen LogP contribution is -2.25. The molecule has 1 aromatic rings. The molecule has 0 saturated heterocycles. The maximum atomic E-state index is 11.9. The SMILES string of the molecule is CCSCCCNS(=O)(=O)c1cccc(C(=O)O)c1. The summed E-state index contributed by atoms with van der Waals surface area (Å²) in [5.41, 5.74) is -0.0376. The van der Waals surface area contributed by atoms with Gasteiger partial charge in [0.15, 0.2) is 0 Å². The molecule has 19 heavy (non-hydrogen) atoms. The molecule has 5 nitrogen and oxygen atoms in total. The highest BCUT2D eigenvalue weighted by Gasteiger charge is 2.15. The summed E-state index contributed by atoms with van der Waals surface area (Å²) in [5.74, 6) is 0.762. The van der Waals surface area contributed by atoms with Crippen LogP contribution in [0.4, 0.5) is 0 Å². The minimum Gasteiger partial charge on any atom is -0.478 e. The Morgan fingerprint density at radius 1 is 1.42 bits per heavy atom. The van der Waals surface area contributed by atoms with Crippen molar-refractivity contribution in [2.45, 2.75) is 18.2 Å². The lowest BCUT2D eigenvalue weighted by Gasteiger charge is -2.07. The predicted molar refractivity (Wildman–Crippen MR) is 76.2 cm³/mol. The second-order valence-electron chi connectivity index (χ2n) is 3.78. The molecule has 0 fully saturated rings. The van der Waals surface area contributed by atoms with Crippen LogP contribution in [0, 0.1) is 0 Å². The van der Waals surface area contributed by atoms with E-state index in [-0.39, 0.29) is 10.5 Å². The van der Waals surface area contributed by atoms with Crippen LogP contribution in [0.25, 0.3) is 0 Å². The van der Waals surface area contributed by atoms with Crippen LogP contribution in [-0.2, 0) is 10.0 Å². The quantitative estimate of drug-likeness (QED) is 0.716. The molecule has 0 aliphatic rings. The lowest BCUT2D eigenvalue weighted by molar-refractivity contribution is 0.0696. The highest BCUT2D eigenvalue weighted by molar-refractivity contribution is 7.99. The summed E-state index contributed by atoms with van der Waals surface area (Å²) in [6, 6.07) is 5.32. The van der Waals surface area contributed by atoms with Gasteiger partial charge in [0, 0.05) is 6.54 Å². The molecule has 1 rings (SSSR count). The molecule has 0 unspecified atom stereocenters. The Balaban J connectivity index is 2.66. The van der Waals surface area contributed by atoms with E-state index in [1.54, 1.807) is 11.8 Å². The second-order valence-corrected chi connectivity index (χ2v) is 6.94. The molecule has 106 valence electrons. The zero-order valence-electron chi connectivity index (χ0n) is 10.6. The van der Waals surface area contributed by atoms with E-state index in [0.29, 0.717) is 6.54 Å². The van der Waals surface area contributed by atoms with Gasteiger partial charge in [-0.05, 0) is 36.1 Å². The van der Waals surface area contributed by atoms with E-state index in [9.17, 15) is 13.2 Å². The van der Waals surface area contributed by atoms with E-state index in [0.717, 1.165) is 24.0 Å². The predicted octanol–water partition coefficient (Wildman–Crippen LogP) is 1.81. The maximum absolute atomic E-state index is 11.9. The van der Waals surface area contributed by atoms with Gasteiger partial charge in [-0.3, -0.25) is 0 Å². The molecule has 0 spiro atoms. The van der Waals surface area contributed by atoms with Crippen molar-refractivity contribution in [3.05, 3.63) is 29.8 Å². The average Bonchev–Trinajstić information content (AvgIpc) is 2.38. The van der Waals surface area contributed by atoms with Crippen molar-refractivity contribution in [2.75, 3.05) is 18.1 Å². The summed E-state index contributed by atoms with van der Waals surface area (Å²) >= 11 is 1.75. The monoisotopic (exact) mass is 303 g/mol. The fraction of sp³-hybridized carbons (Fsp3) is 0.417. The molecule has 0 radical (unpaired) electrons. The van der Waals surface area contributed by atoms with E-state index in [1.165, 1.54) is 18.2 Å². The number of thioether (sulfide) groups is 1. The number of rotatable bonds is 8. The molecule has 2 N–H and O–H groups in total. The first kappa shape index (κ1) is 16.0. The molecule has 0 aliphatic carbocycles. The number of carboxylic acids is 1.